The highest BCUT2D eigenvalue weighted by atomic mass is 16.6. The highest BCUT2D eigenvalue weighted by molar-refractivity contribution is 6.00. The Morgan fingerprint density at radius 2 is 1.93 bits per heavy atom. The van der Waals surface area contributed by atoms with E-state index in [1.807, 2.05) is 36.4 Å². The SMILES string of the molecule is COc1ccc([C@@H]2Nc3nonc3NC3=C2C(=O)C[C@@H](c2ccco2)C3)cc1. The Balaban J connectivity index is 1.59. The first-order chi connectivity index (χ1) is 13.7. The van der Waals surface area contributed by atoms with Gasteiger partial charge < -0.3 is 19.8 Å². The Bertz CT molecular complexity index is 1040. The van der Waals surface area contributed by atoms with Crippen molar-refractivity contribution in [2.24, 2.45) is 0 Å². The van der Waals surface area contributed by atoms with Gasteiger partial charge in [-0.15, -0.1) is 0 Å². The Morgan fingerprint density at radius 1 is 1.11 bits per heavy atom. The minimum absolute atomic E-state index is 0.0216. The summed E-state index contributed by atoms with van der Waals surface area (Å²) >= 11 is 0. The van der Waals surface area contributed by atoms with Gasteiger partial charge in [0, 0.05) is 23.6 Å². The predicted octanol–water partition coefficient (Wildman–Crippen LogP) is 3.65. The molecule has 142 valence electrons. The lowest BCUT2D eigenvalue weighted by molar-refractivity contribution is -0.116. The number of hydrogen-bond acceptors (Lipinski definition) is 8. The smallest absolute Gasteiger partial charge is 0.219 e. The van der Waals surface area contributed by atoms with Crippen LogP contribution in [0.2, 0.25) is 0 Å². The summed E-state index contributed by atoms with van der Waals surface area (Å²) in [5.41, 5.74) is 2.42. The molecule has 2 N–H and O–H groups in total. The van der Waals surface area contributed by atoms with E-state index in [0.29, 0.717) is 30.1 Å². The van der Waals surface area contributed by atoms with E-state index in [1.165, 1.54) is 0 Å². The maximum atomic E-state index is 13.2. The molecule has 3 heterocycles. The third-order valence-electron chi connectivity index (χ3n) is 5.23. The maximum Gasteiger partial charge on any atom is 0.219 e. The average Bonchev–Trinajstić information content (AvgIpc) is 3.37. The van der Waals surface area contributed by atoms with Gasteiger partial charge in [-0.1, -0.05) is 12.1 Å². The van der Waals surface area contributed by atoms with Crippen LogP contribution in [0.15, 0.2) is 63.0 Å². The number of furan rings is 1. The van der Waals surface area contributed by atoms with E-state index in [-0.39, 0.29) is 17.7 Å². The fraction of sp³-hybridized carbons (Fsp3) is 0.250. The van der Waals surface area contributed by atoms with Crippen LogP contribution in [0.25, 0.3) is 0 Å². The number of ether oxygens (including phenoxy) is 1. The van der Waals surface area contributed by atoms with E-state index < -0.39 is 0 Å². The molecule has 0 fully saturated rings. The van der Waals surface area contributed by atoms with Crippen molar-refractivity contribution in [2.75, 3.05) is 17.7 Å². The number of hydrogen-bond donors (Lipinski definition) is 2. The molecule has 3 aromatic rings. The Morgan fingerprint density at radius 3 is 2.68 bits per heavy atom. The van der Waals surface area contributed by atoms with Gasteiger partial charge >= 0.3 is 0 Å². The maximum absolute atomic E-state index is 13.2. The molecule has 8 heteroatoms. The molecule has 0 bridgehead atoms. The van der Waals surface area contributed by atoms with Gasteiger partial charge in [0.05, 0.1) is 19.4 Å². The van der Waals surface area contributed by atoms with Crippen LogP contribution in [-0.2, 0) is 4.79 Å². The summed E-state index contributed by atoms with van der Waals surface area (Å²) in [6.07, 6.45) is 2.65. The number of benzene rings is 1. The van der Waals surface area contributed by atoms with Crippen LogP contribution in [0, 0.1) is 0 Å². The van der Waals surface area contributed by atoms with Crippen molar-refractivity contribution in [1.82, 2.24) is 10.3 Å². The summed E-state index contributed by atoms with van der Waals surface area (Å²) in [6.45, 7) is 0. The predicted molar refractivity (Wildman–Crippen MR) is 100.0 cm³/mol. The summed E-state index contributed by atoms with van der Waals surface area (Å²) in [7, 11) is 1.62. The fourth-order valence-electron chi connectivity index (χ4n) is 3.87. The second-order valence-corrected chi connectivity index (χ2v) is 6.87. The summed E-state index contributed by atoms with van der Waals surface area (Å²) in [4.78, 5) is 13.2. The number of aromatic nitrogens is 2. The number of ketones is 1. The summed E-state index contributed by atoms with van der Waals surface area (Å²) < 4.78 is 15.7. The van der Waals surface area contributed by atoms with E-state index in [2.05, 4.69) is 20.9 Å². The minimum atomic E-state index is -0.369. The zero-order valence-corrected chi connectivity index (χ0v) is 15.1. The number of allylic oxidation sites excluding steroid dienone is 1. The topological polar surface area (TPSA) is 102 Å². The first kappa shape index (κ1) is 16.6. The molecule has 5 rings (SSSR count). The van der Waals surface area contributed by atoms with Gasteiger partial charge in [-0.3, -0.25) is 4.79 Å². The summed E-state index contributed by atoms with van der Waals surface area (Å²) in [5.74, 6) is 2.53. The molecule has 0 radical (unpaired) electrons. The van der Waals surface area contributed by atoms with Crippen LogP contribution in [-0.4, -0.2) is 23.2 Å². The van der Waals surface area contributed by atoms with Crippen molar-refractivity contribution in [3.63, 3.8) is 0 Å². The molecular formula is C20H18N4O4. The largest absolute Gasteiger partial charge is 0.497 e. The minimum Gasteiger partial charge on any atom is -0.497 e. The molecule has 0 saturated heterocycles. The summed E-state index contributed by atoms with van der Waals surface area (Å²) in [6, 6.07) is 11.0. The highest BCUT2D eigenvalue weighted by Gasteiger charge is 2.38. The van der Waals surface area contributed by atoms with Crippen LogP contribution in [0.3, 0.4) is 0 Å². The van der Waals surface area contributed by atoms with Gasteiger partial charge in [0.25, 0.3) is 0 Å². The lowest BCUT2D eigenvalue weighted by Crippen LogP contribution is -2.26. The van der Waals surface area contributed by atoms with Crippen LogP contribution >= 0.6 is 0 Å². The third kappa shape index (κ3) is 2.74. The van der Waals surface area contributed by atoms with E-state index in [0.717, 1.165) is 22.8 Å². The Kier molecular flexibility index (Phi) is 3.89. The number of rotatable bonds is 3. The molecule has 1 aromatic carbocycles. The van der Waals surface area contributed by atoms with E-state index in [4.69, 9.17) is 13.8 Å². The number of nitrogens with zero attached hydrogens (tertiary/aromatic N) is 2. The van der Waals surface area contributed by atoms with Crippen LogP contribution in [0.5, 0.6) is 5.75 Å². The average molecular weight is 378 g/mol. The molecule has 0 saturated carbocycles. The molecule has 2 atom stereocenters. The zero-order chi connectivity index (χ0) is 19.1. The fourth-order valence-corrected chi connectivity index (χ4v) is 3.87. The molecule has 2 aromatic heterocycles. The Hall–Kier alpha value is -3.55. The molecular weight excluding hydrogens is 360 g/mol. The number of carbonyl (C=O) groups is 1. The zero-order valence-electron chi connectivity index (χ0n) is 15.1. The molecule has 8 nitrogen and oxygen atoms in total. The van der Waals surface area contributed by atoms with Crippen molar-refractivity contribution in [1.29, 1.82) is 0 Å². The van der Waals surface area contributed by atoms with Crippen molar-refractivity contribution in [3.05, 3.63) is 65.3 Å². The van der Waals surface area contributed by atoms with Gasteiger partial charge in [0.2, 0.25) is 11.6 Å². The molecule has 0 spiro atoms. The Labute approximate surface area is 160 Å². The molecule has 1 aliphatic carbocycles. The highest BCUT2D eigenvalue weighted by Crippen LogP contribution is 2.43. The van der Waals surface area contributed by atoms with E-state index >= 15 is 0 Å². The first-order valence-electron chi connectivity index (χ1n) is 9.02. The number of carbonyl (C=O) groups excluding carboxylic acids is 1. The number of Topliss-reactive ketones (excluding diaryl/α,β-unsaturated/α-hetero) is 1. The number of anilines is 2. The first-order valence-corrected chi connectivity index (χ1v) is 9.02. The van der Waals surface area contributed by atoms with Crippen LogP contribution < -0.4 is 15.4 Å². The quantitative estimate of drug-likeness (QED) is 0.712. The number of methoxy groups -OCH3 is 1. The second-order valence-electron chi connectivity index (χ2n) is 6.87. The van der Waals surface area contributed by atoms with Gasteiger partial charge in [-0.05, 0) is 46.6 Å². The normalized spacial score (nSPS) is 21.2. The van der Waals surface area contributed by atoms with Crippen molar-refractivity contribution in [2.45, 2.75) is 24.8 Å². The lowest BCUT2D eigenvalue weighted by Gasteiger charge is -2.28. The van der Waals surface area contributed by atoms with Crippen LogP contribution in [0.1, 0.15) is 36.1 Å². The monoisotopic (exact) mass is 378 g/mol. The molecule has 1 aliphatic heterocycles. The number of nitrogens with one attached hydrogen (secondary N) is 2. The van der Waals surface area contributed by atoms with Gasteiger partial charge in [0.15, 0.2) is 5.78 Å². The second kappa shape index (κ2) is 6.56. The van der Waals surface area contributed by atoms with Gasteiger partial charge in [-0.25, -0.2) is 4.63 Å². The molecule has 28 heavy (non-hydrogen) atoms. The van der Waals surface area contributed by atoms with Crippen molar-refractivity contribution in [3.8, 4) is 5.75 Å². The van der Waals surface area contributed by atoms with E-state index in [9.17, 15) is 4.79 Å². The van der Waals surface area contributed by atoms with Crippen molar-refractivity contribution < 1.29 is 18.6 Å². The van der Waals surface area contributed by atoms with Crippen molar-refractivity contribution >= 4 is 17.4 Å². The van der Waals surface area contributed by atoms with Crippen LogP contribution in [0.4, 0.5) is 11.6 Å². The molecule has 0 unspecified atom stereocenters. The van der Waals surface area contributed by atoms with Gasteiger partial charge in [0.1, 0.15) is 11.5 Å². The lowest BCUT2D eigenvalue weighted by atomic mass is 9.80. The number of fused-ring (bicyclic) bond motifs is 1. The van der Waals surface area contributed by atoms with E-state index in [1.54, 1.807) is 13.4 Å². The standard InChI is InChI=1S/C20H18N4O4/c1-26-13-6-4-11(5-7-13)18-17-14(21-19-20(22-18)24-28-23-19)9-12(10-15(17)25)16-3-2-8-27-16/h2-8,12,18H,9-10H2,1H3,(H,21,23)(H,22,24)/t12-,18-/m0/s1. The third-order valence-corrected chi connectivity index (χ3v) is 5.23. The molecule has 0 amide bonds. The van der Waals surface area contributed by atoms with Gasteiger partial charge in [-0.2, -0.15) is 0 Å². The molecule has 2 aliphatic rings. The summed E-state index contributed by atoms with van der Waals surface area (Å²) in [5, 5.41) is 14.4.